The zero-order valence-electron chi connectivity index (χ0n) is 29.8. The third-order valence-electron chi connectivity index (χ3n) is 7.89. The summed E-state index contributed by atoms with van der Waals surface area (Å²) in [6.07, 6.45) is 15.5. The maximum atomic E-state index is 12.5. The van der Waals surface area contributed by atoms with Crippen LogP contribution < -0.4 is 20.1 Å². The van der Waals surface area contributed by atoms with Gasteiger partial charge in [0.05, 0.1) is 0 Å². The van der Waals surface area contributed by atoms with Crippen molar-refractivity contribution in [2.24, 2.45) is 0 Å². The summed E-state index contributed by atoms with van der Waals surface area (Å²) < 4.78 is 55.5. The van der Waals surface area contributed by atoms with Gasteiger partial charge in [0.25, 0.3) is 0 Å². The van der Waals surface area contributed by atoms with Gasteiger partial charge in [0.1, 0.15) is 0 Å². The molecule has 2 amide bonds. The number of anilines is 2. The molecule has 4 N–H and O–H groups in total. The monoisotopic (exact) mass is 866 g/mol. The number of nitrogens with one attached hydrogen (secondary N) is 4. The van der Waals surface area contributed by atoms with Crippen LogP contribution in [0.15, 0.2) is 58.3 Å². The number of sulfonamides is 2. The minimum atomic E-state index is -3.56. The van der Waals surface area contributed by atoms with Gasteiger partial charge in [0.2, 0.25) is 0 Å². The quantitative estimate of drug-likeness (QED) is 0.0500. The number of benzene rings is 2. The van der Waals surface area contributed by atoms with Crippen LogP contribution in [0, 0.1) is 0 Å². The molecule has 0 unspecified atom stereocenters. The Kier molecular flexibility index (Phi) is 23.2. The first-order valence-electron chi connectivity index (χ1n) is 18.1. The topological polar surface area (TPSA) is 151 Å². The molecule has 2 rings (SSSR count). The number of amides is 2. The summed E-state index contributed by atoms with van der Waals surface area (Å²) in [5, 5.41) is 7.69. The number of hydrogen-bond acceptors (Lipinski definition) is 6. The van der Waals surface area contributed by atoms with Crippen LogP contribution in [0.3, 0.4) is 0 Å². The van der Waals surface area contributed by atoms with Gasteiger partial charge in [-0.1, -0.05) is 78.1 Å². The van der Waals surface area contributed by atoms with Gasteiger partial charge in [-0.3, -0.25) is 0 Å². The predicted molar refractivity (Wildman–Crippen MR) is 207 cm³/mol. The molecule has 0 saturated carbocycles. The molecule has 0 heterocycles. The zero-order chi connectivity index (χ0) is 36.5. The third kappa shape index (κ3) is 19.7. The fourth-order valence-electron chi connectivity index (χ4n) is 4.97. The van der Waals surface area contributed by atoms with Crippen molar-refractivity contribution in [1.82, 2.24) is 9.44 Å². The molecule has 14 heteroatoms. The van der Waals surface area contributed by atoms with Crippen molar-refractivity contribution in [3.05, 3.63) is 48.5 Å². The second kappa shape index (κ2) is 26.1. The van der Waals surface area contributed by atoms with Crippen molar-refractivity contribution >= 4 is 69.5 Å². The van der Waals surface area contributed by atoms with Gasteiger partial charge in [-0.15, -0.1) is 0 Å². The molecule has 0 aromatic heterocycles. The van der Waals surface area contributed by atoms with E-state index in [2.05, 4.69) is 33.9 Å². The van der Waals surface area contributed by atoms with E-state index in [1.807, 2.05) is 0 Å². The first-order valence-corrected chi connectivity index (χ1v) is 27.8. The van der Waals surface area contributed by atoms with E-state index in [9.17, 15) is 26.4 Å². The number of carbonyl (C=O) groups is 2. The fraction of sp³-hybridized carbons (Fsp3) is 0.611. The number of rotatable bonds is 29. The van der Waals surface area contributed by atoms with E-state index >= 15 is 0 Å². The fourth-order valence-corrected chi connectivity index (χ4v) is 13.9. The van der Waals surface area contributed by atoms with Crippen LogP contribution >= 0.6 is 0 Å². The van der Waals surface area contributed by atoms with Gasteiger partial charge >= 0.3 is 224 Å². The molecule has 2 aromatic carbocycles. The Morgan fingerprint density at radius 1 is 0.500 bits per heavy atom. The van der Waals surface area contributed by atoms with Gasteiger partial charge in [-0.2, -0.15) is 0 Å². The summed E-state index contributed by atoms with van der Waals surface area (Å²) >= 11 is 0.902. The molecule has 0 spiro atoms. The molecule has 282 valence electrons. The second-order valence-electron chi connectivity index (χ2n) is 12.3. The molecular formula is C36H58N4O6S2Se2. The van der Waals surface area contributed by atoms with Crippen molar-refractivity contribution in [3.63, 3.8) is 0 Å². The molecule has 0 aliphatic carbocycles. The summed E-state index contributed by atoms with van der Waals surface area (Å²) in [6.45, 7) is 5.19. The maximum absolute atomic E-state index is 12.5. The summed E-state index contributed by atoms with van der Waals surface area (Å²) in [5.74, 6) is -0.173. The molecule has 0 saturated heterocycles. The molecule has 0 radical (unpaired) electrons. The van der Waals surface area contributed by atoms with E-state index in [0.29, 0.717) is 63.6 Å². The van der Waals surface area contributed by atoms with Crippen molar-refractivity contribution in [1.29, 1.82) is 0 Å². The normalized spacial score (nSPS) is 11.8. The number of hydrogen-bond donors (Lipinski definition) is 4. The van der Waals surface area contributed by atoms with Gasteiger partial charge in [-0.25, -0.2) is 0 Å². The number of carbonyl (C=O) groups excluding carboxylic acids is 2. The van der Waals surface area contributed by atoms with Crippen molar-refractivity contribution in [3.8, 4) is 0 Å². The average molecular weight is 865 g/mol. The first-order chi connectivity index (χ1) is 24.1. The molecule has 10 nitrogen and oxygen atoms in total. The Balaban J connectivity index is 1.53. The molecule has 0 bridgehead atoms. The van der Waals surface area contributed by atoms with Crippen LogP contribution in [-0.2, 0) is 29.6 Å². The van der Waals surface area contributed by atoms with E-state index < -0.39 is 20.0 Å². The summed E-state index contributed by atoms with van der Waals surface area (Å²) in [5.41, 5.74) is 1.16. The molecule has 0 fully saturated rings. The molecular weight excluding hydrogens is 806 g/mol. The van der Waals surface area contributed by atoms with Gasteiger partial charge in [-0.05, 0) is 12.8 Å². The van der Waals surface area contributed by atoms with Crippen LogP contribution in [0.25, 0.3) is 0 Å². The Labute approximate surface area is 312 Å². The molecule has 2 aromatic rings. The second-order valence-corrected chi connectivity index (χ2v) is 23.7. The van der Waals surface area contributed by atoms with Crippen molar-refractivity contribution < 1.29 is 26.4 Å². The minimum absolute atomic E-state index is 0.0863. The van der Waals surface area contributed by atoms with E-state index in [0.717, 1.165) is 62.0 Å². The standard InChI is InChI=1S/C36H58N4O6S2Se2/c1-3-5-7-9-11-13-27-37-47(43,44)33-23-19-31(20-24-33)39-35(41)17-15-29-49-50-30-16-18-36(42)40-32-21-25-34(26-22-32)48(45,46)38-28-14-12-10-8-6-4-2/h19-26,37-38H,3-18,27-30H2,1-2H3,(H,39,41)(H,40,42). The van der Waals surface area contributed by atoms with Crippen LogP contribution in [0.5, 0.6) is 0 Å². The summed E-state index contributed by atoms with van der Waals surface area (Å²) in [6, 6.07) is 12.6. The van der Waals surface area contributed by atoms with Crippen molar-refractivity contribution in [2.45, 2.75) is 137 Å². The number of unbranched alkanes of at least 4 members (excludes halogenated alkanes) is 10. The summed E-state index contributed by atoms with van der Waals surface area (Å²) in [7, 11) is -7.13. The Bertz CT molecular complexity index is 1350. The molecule has 0 atom stereocenters. The van der Waals surface area contributed by atoms with E-state index in [1.165, 1.54) is 62.8 Å². The van der Waals surface area contributed by atoms with E-state index in [1.54, 1.807) is 24.3 Å². The van der Waals surface area contributed by atoms with Gasteiger partial charge < -0.3 is 0 Å². The third-order valence-corrected chi connectivity index (χ3v) is 18.6. The Morgan fingerprint density at radius 2 is 0.840 bits per heavy atom. The van der Waals surface area contributed by atoms with Crippen LogP contribution in [-0.4, -0.2) is 68.0 Å². The Hall–Kier alpha value is -1.76. The summed E-state index contributed by atoms with van der Waals surface area (Å²) in [4.78, 5) is 25.1. The molecule has 50 heavy (non-hydrogen) atoms. The molecule has 0 aliphatic heterocycles. The first kappa shape index (κ1) is 44.4. The van der Waals surface area contributed by atoms with Crippen LogP contribution in [0.4, 0.5) is 11.4 Å². The SMILES string of the molecule is CCCCCCCCNS(=O)(=O)c1ccc(NC(=O)CCC[Se][Se]CCCC(=O)Nc2ccc(S(=O)(=O)NCCCCCCCC)cc2)cc1. The molecule has 0 aliphatic rings. The van der Waals surface area contributed by atoms with E-state index in [-0.39, 0.29) is 21.6 Å². The Morgan fingerprint density at radius 3 is 1.20 bits per heavy atom. The van der Waals surface area contributed by atoms with Crippen molar-refractivity contribution in [2.75, 3.05) is 23.7 Å². The van der Waals surface area contributed by atoms with Gasteiger partial charge in [0.15, 0.2) is 0 Å². The average Bonchev–Trinajstić information content (AvgIpc) is 3.09. The van der Waals surface area contributed by atoms with Gasteiger partial charge in [0, 0.05) is 0 Å². The van der Waals surface area contributed by atoms with Crippen LogP contribution in [0.1, 0.15) is 117 Å². The van der Waals surface area contributed by atoms with E-state index in [4.69, 9.17) is 0 Å². The van der Waals surface area contributed by atoms with Crippen LogP contribution in [0.2, 0.25) is 10.6 Å². The predicted octanol–water partition coefficient (Wildman–Crippen LogP) is 7.26. The zero-order valence-corrected chi connectivity index (χ0v) is 34.9.